The van der Waals surface area contributed by atoms with Crippen LogP contribution in [0.25, 0.3) is 0 Å². The molecule has 0 aliphatic carbocycles. The topological polar surface area (TPSA) is 93.1 Å². The SMILES string of the molecule is COC(=O)CC(C(=O)OC)N(O)C(C)=O. The Morgan fingerprint density at radius 2 is 1.80 bits per heavy atom. The van der Waals surface area contributed by atoms with E-state index in [9.17, 15) is 19.6 Å². The minimum atomic E-state index is -1.38. The Hall–Kier alpha value is -1.63. The molecule has 0 aliphatic rings. The summed E-state index contributed by atoms with van der Waals surface area (Å²) in [4.78, 5) is 32.8. The monoisotopic (exact) mass is 219 g/mol. The van der Waals surface area contributed by atoms with Gasteiger partial charge in [-0.1, -0.05) is 0 Å². The number of carbonyl (C=O) groups excluding carboxylic acids is 3. The van der Waals surface area contributed by atoms with Crippen LogP contribution in [0.2, 0.25) is 0 Å². The smallest absolute Gasteiger partial charge is 0.331 e. The Kier molecular flexibility index (Phi) is 5.32. The van der Waals surface area contributed by atoms with Gasteiger partial charge in [0.1, 0.15) is 0 Å². The molecular formula is C8H13NO6. The van der Waals surface area contributed by atoms with Crippen molar-refractivity contribution in [1.29, 1.82) is 0 Å². The number of nitrogens with zero attached hydrogens (tertiary/aromatic N) is 1. The lowest BCUT2D eigenvalue weighted by Crippen LogP contribution is -2.44. The standard InChI is InChI=1S/C8H13NO6/c1-5(10)9(13)6(8(12)15-3)4-7(11)14-2/h6,13H,4H2,1-3H3. The van der Waals surface area contributed by atoms with Crippen molar-refractivity contribution in [3.8, 4) is 0 Å². The van der Waals surface area contributed by atoms with Crippen molar-refractivity contribution in [1.82, 2.24) is 5.06 Å². The number of rotatable bonds is 4. The van der Waals surface area contributed by atoms with Crippen molar-refractivity contribution in [2.45, 2.75) is 19.4 Å². The van der Waals surface area contributed by atoms with Crippen molar-refractivity contribution < 1.29 is 29.1 Å². The highest BCUT2D eigenvalue weighted by Gasteiger charge is 2.30. The molecule has 0 aromatic heterocycles. The third-order valence-corrected chi connectivity index (χ3v) is 1.68. The Labute approximate surface area is 86.5 Å². The zero-order valence-corrected chi connectivity index (χ0v) is 8.72. The van der Waals surface area contributed by atoms with E-state index in [1.54, 1.807) is 0 Å². The van der Waals surface area contributed by atoms with Gasteiger partial charge in [-0.2, -0.15) is 0 Å². The van der Waals surface area contributed by atoms with E-state index in [4.69, 9.17) is 0 Å². The molecule has 7 heteroatoms. The second kappa shape index (κ2) is 5.97. The molecule has 0 bridgehead atoms. The van der Waals surface area contributed by atoms with Gasteiger partial charge in [-0.15, -0.1) is 0 Å². The zero-order valence-electron chi connectivity index (χ0n) is 8.72. The van der Waals surface area contributed by atoms with Crippen LogP contribution in [0.3, 0.4) is 0 Å². The van der Waals surface area contributed by atoms with Gasteiger partial charge in [-0.05, 0) is 0 Å². The largest absolute Gasteiger partial charge is 0.469 e. The average Bonchev–Trinajstić information content (AvgIpc) is 2.23. The number of ether oxygens (including phenoxy) is 2. The third kappa shape index (κ3) is 3.94. The molecule has 1 amide bonds. The number of amides is 1. The number of hydroxylamine groups is 2. The van der Waals surface area contributed by atoms with Crippen LogP contribution in [-0.4, -0.2) is 48.4 Å². The van der Waals surface area contributed by atoms with Crippen molar-refractivity contribution in [2.24, 2.45) is 0 Å². The molecule has 1 N–H and O–H groups in total. The highest BCUT2D eigenvalue weighted by atomic mass is 16.6. The maximum absolute atomic E-state index is 11.1. The van der Waals surface area contributed by atoms with E-state index >= 15 is 0 Å². The van der Waals surface area contributed by atoms with Crippen molar-refractivity contribution >= 4 is 17.8 Å². The fourth-order valence-electron chi connectivity index (χ4n) is 0.866. The lowest BCUT2D eigenvalue weighted by Gasteiger charge is -2.21. The number of hydrogen-bond acceptors (Lipinski definition) is 6. The summed E-state index contributed by atoms with van der Waals surface area (Å²) in [6.07, 6.45) is -0.459. The predicted octanol–water partition coefficient (Wildman–Crippen LogP) is -0.671. The molecule has 1 unspecified atom stereocenters. The summed E-state index contributed by atoms with van der Waals surface area (Å²) >= 11 is 0. The minimum absolute atomic E-state index is 0.142. The highest BCUT2D eigenvalue weighted by Crippen LogP contribution is 2.05. The molecule has 7 nitrogen and oxygen atoms in total. The van der Waals surface area contributed by atoms with Crippen molar-refractivity contribution in [3.63, 3.8) is 0 Å². The fraction of sp³-hybridized carbons (Fsp3) is 0.625. The molecule has 0 aliphatic heterocycles. The predicted molar refractivity (Wildman–Crippen MR) is 46.7 cm³/mol. The van der Waals surface area contributed by atoms with Crippen LogP contribution < -0.4 is 0 Å². The average molecular weight is 219 g/mol. The number of carbonyl (C=O) groups is 3. The summed E-state index contributed by atoms with van der Waals surface area (Å²) in [7, 11) is 2.22. The van der Waals surface area contributed by atoms with E-state index in [1.807, 2.05) is 0 Å². The molecule has 0 heterocycles. The third-order valence-electron chi connectivity index (χ3n) is 1.68. The van der Waals surface area contributed by atoms with Crippen LogP contribution in [0.1, 0.15) is 13.3 Å². The van der Waals surface area contributed by atoms with Gasteiger partial charge in [0, 0.05) is 6.92 Å². The normalized spacial score (nSPS) is 11.5. The lowest BCUT2D eigenvalue weighted by molar-refractivity contribution is -0.188. The second-order valence-electron chi connectivity index (χ2n) is 2.68. The van der Waals surface area contributed by atoms with Gasteiger partial charge in [0.15, 0.2) is 6.04 Å². The van der Waals surface area contributed by atoms with E-state index in [0.717, 1.165) is 21.1 Å². The fourth-order valence-corrected chi connectivity index (χ4v) is 0.866. The van der Waals surface area contributed by atoms with Crippen LogP contribution in [0, 0.1) is 0 Å². The van der Waals surface area contributed by atoms with Crippen molar-refractivity contribution in [2.75, 3.05) is 14.2 Å². The summed E-state index contributed by atoms with van der Waals surface area (Å²) in [6, 6.07) is -1.38. The maximum Gasteiger partial charge on any atom is 0.331 e. The Morgan fingerprint density at radius 3 is 2.13 bits per heavy atom. The molecule has 15 heavy (non-hydrogen) atoms. The maximum atomic E-state index is 11.1. The minimum Gasteiger partial charge on any atom is -0.469 e. The molecule has 86 valence electrons. The van der Waals surface area contributed by atoms with E-state index in [0.29, 0.717) is 0 Å². The van der Waals surface area contributed by atoms with Gasteiger partial charge in [-0.25, -0.2) is 9.86 Å². The molecule has 0 aromatic rings. The molecule has 0 rings (SSSR count). The van der Waals surface area contributed by atoms with Crippen LogP contribution in [0.15, 0.2) is 0 Å². The molecule has 0 fully saturated rings. The van der Waals surface area contributed by atoms with Crippen LogP contribution in [-0.2, 0) is 23.9 Å². The van der Waals surface area contributed by atoms with Gasteiger partial charge in [0.2, 0.25) is 5.91 Å². The van der Waals surface area contributed by atoms with Crippen LogP contribution in [0.5, 0.6) is 0 Å². The molecule has 0 radical (unpaired) electrons. The molecular weight excluding hydrogens is 206 g/mol. The lowest BCUT2D eigenvalue weighted by atomic mass is 10.2. The highest BCUT2D eigenvalue weighted by molar-refractivity contribution is 5.86. The van der Waals surface area contributed by atoms with Crippen molar-refractivity contribution in [3.05, 3.63) is 0 Å². The summed E-state index contributed by atoms with van der Waals surface area (Å²) in [6.45, 7) is 1.05. The number of methoxy groups -OCH3 is 2. The molecule has 0 aromatic carbocycles. The Morgan fingerprint density at radius 1 is 1.27 bits per heavy atom. The zero-order chi connectivity index (χ0) is 12.0. The molecule has 0 saturated heterocycles. The van der Waals surface area contributed by atoms with E-state index in [-0.39, 0.29) is 5.06 Å². The van der Waals surface area contributed by atoms with Gasteiger partial charge in [0.25, 0.3) is 0 Å². The molecule has 0 spiro atoms. The van der Waals surface area contributed by atoms with Gasteiger partial charge in [-0.3, -0.25) is 14.8 Å². The Bertz CT molecular complexity index is 264. The van der Waals surface area contributed by atoms with Crippen LogP contribution >= 0.6 is 0 Å². The summed E-state index contributed by atoms with van der Waals surface area (Å²) in [5.74, 6) is -2.39. The van der Waals surface area contributed by atoms with Crippen LogP contribution in [0.4, 0.5) is 0 Å². The first kappa shape index (κ1) is 13.4. The summed E-state index contributed by atoms with van der Waals surface area (Å²) in [5, 5.41) is 9.35. The van der Waals surface area contributed by atoms with E-state index in [2.05, 4.69) is 9.47 Å². The van der Waals surface area contributed by atoms with Gasteiger partial charge < -0.3 is 9.47 Å². The second-order valence-corrected chi connectivity index (χ2v) is 2.68. The molecule has 0 saturated carbocycles. The van der Waals surface area contributed by atoms with E-state index in [1.165, 1.54) is 0 Å². The van der Waals surface area contributed by atoms with E-state index < -0.39 is 30.3 Å². The number of hydrogen-bond donors (Lipinski definition) is 1. The summed E-state index contributed by atoms with van der Waals surface area (Å²) in [5.41, 5.74) is 0. The summed E-state index contributed by atoms with van der Waals surface area (Å²) < 4.78 is 8.64. The first-order chi connectivity index (χ1) is 6.93. The van der Waals surface area contributed by atoms with Gasteiger partial charge >= 0.3 is 11.9 Å². The number of esters is 2. The first-order valence-corrected chi connectivity index (χ1v) is 4.07. The molecule has 1 atom stereocenters. The first-order valence-electron chi connectivity index (χ1n) is 4.07. The Balaban J connectivity index is 4.65. The quantitative estimate of drug-likeness (QED) is 0.383. The van der Waals surface area contributed by atoms with Gasteiger partial charge in [0.05, 0.1) is 20.6 Å².